The van der Waals surface area contributed by atoms with Gasteiger partial charge in [0.2, 0.25) is 0 Å². The van der Waals surface area contributed by atoms with Gasteiger partial charge in [-0.3, -0.25) is 0 Å². The predicted molar refractivity (Wildman–Crippen MR) is 73.7 cm³/mol. The molecule has 0 aliphatic rings. The number of rotatable bonds is 6. The van der Waals surface area contributed by atoms with E-state index in [4.69, 9.17) is 4.74 Å². The van der Waals surface area contributed by atoms with Crippen molar-refractivity contribution in [3.05, 3.63) is 23.3 Å². The van der Waals surface area contributed by atoms with Gasteiger partial charge in [0.15, 0.2) is 5.69 Å². The zero-order valence-electron chi connectivity index (χ0n) is 11.4. The molecule has 0 aliphatic heterocycles. The summed E-state index contributed by atoms with van der Waals surface area (Å²) in [5.41, 5.74) is 1.14. The number of carbonyl (C=O) groups is 1. The van der Waals surface area contributed by atoms with Gasteiger partial charge in [-0.1, -0.05) is 13.8 Å². The van der Waals surface area contributed by atoms with Crippen LogP contribution in [0.5, 0.6) is 0 Å². The normalized spacial score (nSPS) is 10.7. The molecule has 0 aromatic carbocycles. The SMILES string of the molecule is CCOC(=O)c1nc(CSCC(C)C)ncc1C. The van der Waals surface area contributed by atoms with Gasteiger partial charge in [0.1, 0.15) is 5.82 Å². The van der Waals surface area contributed by atoms with E-state index < -0.39 is 0 Å². The highest BCUT2D eigenvalue weighted by Crippen LogP contribution is 2.14. The van der Waals surface area contributed by atoms with Crippen molar-refractivity contribution >= 4 is 17.7 Å². The molecule has 1 heterocycles. The maximum absolute atomic E-state index is 11.7. The highest BCUT2D eigenvalue weighted by atomic mass is 32.2. The van der Waals surface area contributed by atoms with Gasteiger partial charge in [-0.05, 0) is 25.5 Å². The summed E-state index contributed by atoms with van der Waals surface area (Å²) in [6.07, 6.45) is 1.69. The molecule has 4 nitrogen and oxygen atoms in total. The lowest BCUT2D eigenvalue weighted by molar-refractivity contribution is 0.0518. The van der Waals surface area contributed by atoms with Crippen LogP contribution in [0.1, 0.15) is 42.6 Å². The Morgan fingerprint density at radius 3 is 2.83 bits per heavy atom. The van der Waals surface area contributed by atoms with Crippen molar-refractivity contribution in [1.82, 2.24) is 9.97 Å². The van der Waals surface area contributed by atoms with Gasteiger partial charge < -0.3 is 4.74 Å². The van der Waals surface area contributed by atoms with Crippen LogP contribution in [0.2, 0.25) is 0 Å². The van der Waals surface area contributed by atoms with Crippen LogP contribution in [0.3, 0.4) is 0 Å². The standard InChI is InChI=1S/C13H20N2O2S/c1-5-17-13(16)12-10(4)6-14-11(15-12)8-18-7-9(2)3/h6,9H,5,7-8H2,1-4H3. The lowest BCUT2D eigenvalue weighted by Crippen LogP contribution is -2.11. The van der Waals surface area contributed by atoms with Crippen molar-refractivity contribution in [3.63, 3.8) is 0 Å². The third-order valence-corrected chi connectivity index (χ3v) is 3.54. The molecule has 0 aliphatic carbocycles. The molecule has 0 saturated carbocycles. The van der Waals surface area contributed by atoms with Crippen LogP contribution in [0, 0.1) is 12.8 Å². The van der Waals surface area contributed by atoms with Crippen LogP contribution in [-0.4, -0.2) is 28.3 Å². The van der Waals surface area contributed by atoms with Gasteiger partial charge in [0.25, 0.3) is 0 Å². The van der Waals surface area contributed by atoms with Crippen LogP contribution in [-0.2, 0) is 10.5 Å². The summed E-state index contributed by atoms with van der Waals surface area (Å²) >= 11 is 1.78. The molecule has 5 heteroatoms. The van der Waals surface area contributed by atoms with Crippen LogP contribution >= 0.6 is 11.8 Å². The van der Waals surface area contributed by atoms with E-state index in [1.807, 2.05) is 6.92 Å². The molecule has 0 fully saturated rings. The molecule has 1 aromatic heterocycles. The molecule has 1 aromatic rings. The van der Waals surface area contributed by atoms with Crippen molar-refractivity contribution in [1.29, 1.82) is 0 Å². The molecule has 0 N–H and O–H groups in total. The quantitative estimate of drug-likeness (QED) is 0.743. The number of nitrogens with zero attached hydrogens (tertiary/aromatic N) is 2. The van der Waals surface area contributed by atoms with Crippen LogP contribution < -0.4 is 0 Å². The van der Waals surface area contributed by atoms with Gasteiger partial charge >= 0.3 is 5.97 Å². The Morgan fingerprint density at radius 1 is 1.50 bits per heavy atom. The molecule has 0 atom stereocenters. The first-order chi connectivity index (χ1) is 8.54. The molecule has 100 valence electrons. The maximum Gasteiger partial charge on any atom is 0.357 e. The van der Waals surface area contributed by atoms with E-state index in [0.717, 1.165) is 17.1 Å². The lowest BCUT2D eigenvalue weighted by atomic mass is 10.2. The largest absolute Gasteiger partial charge is 0.461 e. The molecule has 0 amide bonds. The minimum Gasteiger partial charge on any atom is -0.461 e. The Hall–Kier alpha value is -1.10. The minimum absolute atomic E-state index is 0.361. The fraction of sp³-hybridized carbons (Fsp3) is 0.615. The highest BCUT2D eigenvalue weighted by Gasteiger charge is 2.13. The minimum atomic E-state index is -0.368. The summed E-state index contributed by atoms with van der Waals surface area (Å²) in [6.45, 7) is 8.31. The second-order valence-corrected chi connectivity index (χ2v) is 5.48. The summed E-state index contributed by atoms with van der Waals surface area (Å²) in [7, 11) is 0. The summed E-state index contributed by atoms with van der Waals surface area (Å²) < 4.78 is 4.97. The second-order valence-electron chi connectivity index (χ2n) is 4.45. The van der Waals surface area contributed by atoms with Crippen LogP contribution in [0.4, 0.5) is 0 Å². The molecule has 0 radical (unpaired) electrons. The van der Waals surface area contributed by atoms with Crippen LogP contribution in [0.25, 0.3) is 0 Å². The van der Waals surface area contributed by atoms with E-state index in [1.165, 1.54) is 0 Å². The first-order valence-electron chi connectivity index (χ1n) is 6.12. The average molecular weight is 268 g/mol. The summed E-state index contributed by atoms with van der Waals surface area (Å²) in [5, 5.41) is 0. The van der Waals surface area contributed by atoms with Crippen molar-refractivity contribution in [2.24, 2.45) is 5.92 Å². The molecular formula is C13H20N2O2S. The Morgan fingerprint density at radius 2 is 2.22 bits per heavy atom. The molecule has 18 heavy (non-hydrogen) atoms. The average Bonchev–Trinajstić information content (AvgIpc) is 2.31. The Labute approximate surface area is 113 Å². The van der Waals surface area contributed by atoms with Crippen LogP contribution in [0.15, 0.2) is 6.20 Å². The van der Waals surface area contributed by atoms with E-state index in [0.29, 0.717) is 24.0 Å². The molecule has 0 bridgehead atoms. The number of hydrogen-bond acceptors (Lipinski definition) is 5. The Bertz CT molecular complexity index is 408. The maximum atomic E-state index is 11.7. The summed E-state index contributed by atoms with van der Waals surface area (Å²) in [4.78, 5) is 20.2. The second kappa shape index (κ2) is 7.36. The lowest BCUT2D eigenvalue weighted by Gasteiger charge is -2.07. The van der Waals surface area contributed by atoms with E-state index in [-0.39, 0.29) is 5.97 Å². The van der Waals surface area contributed by atoms with Crippen molar-refractivity contribution in [2.75, 3.05) is 12.4 Å². The topological polar surface area (TPSA) is 52.1 Å². The first kappa shape index (κ1) is 15.0. The van der Waals surface area contributed by atoms with Gasteiger partial charge in [-0.25, -0.2) is 14.8 Å². The monoisotopic (exact) mass is 268 g/mol. The Balaban J connectivity index is 2.71. The summed E-state index contributed by atoms with van der Waals surface area (Å²) in [5.74, 6) is 2.75. The molecule has 0 unspecified atom stereocenters. The molecule has 0 spiro atoms. The number of hydrogen-bond donors (Lipinski definition) is 0. The van der Waals surface area contributed by atoms with E-state index in [9.17, 15) is 4.79 Å². The van der Waals surface area contributed by atoms with Crippen molar-refractivity contribution in [3.8, 4) is 0 Å². The first-order valence-corrected chi connectivity index (χ1v) is 7.27. The Kier molecular flexibility index (Phi) is 6.12. The fourth-order valence-corrected chi connectivity index (χ4v) is 2.25. The van der Waals surface area contributed by atoms with Gasteiger partial charge in [0, 0.05) is 11.8 Å². The number of thioether (sulfide) groups is 1. The van der Waals surface area contributed by atoms with Gasteiger partial charge in [-0.2, -0.15) is 11.8 Å². The smallest absolute Gasteiger partial charge is 0.357 e. The number of esters is 1. The van der Waals surface area contributed by atoms with E-state index >= 15 is 0 Å². The number of carbonyl (C=O) groups excluding carboxylic acids is 1. The van der Waals surface area contributed by atoms with Gasteiger partial charge in [-0.15, -0.1) is 0 Å². The van der Waals surface area contributed by atoms with E-state index in [1.54, 1.807) is 24.9 Å². The number of aryl methyl sites for hydroxylation is 1. The van der Waals surface area contributed by atoms with Crippen molar-refractivity contribution in [2.45, 2.75) is 33.4 Å². The van der Waals surface area contributed by atoms with Crippen molar-refractivity contribution < 1.29 is 9.53 Å². The molecule has 1 rings (SSSR count). The summed E-state index contributed by atoms with van der Waals surface area (Å²) in [6, 6.07) is 0. The zero-order valence-corrected chi connectivity index (χ0v) is 12.2. The third kappa shape index (κ3) is 4.64. The fourth-order valence-electron chi connectivity index (χ4n) is 1.34. The van der Waals surface area contributed by atoms with Gasteiger partial charge in [0.05, 0.1) is 12.4 Å². The highest BCUT2D eigenvalue weighted by molar-refractivity contribution is 7.98. The predicted octanol–water partition coefficient (Wildman–Crippen LogP) is 2.85. The molecule has 0 saturated heterocycles. The number of aromatic nitrogens is 2. The molecular weight excluding hydrogens is 248 g/mol. The third-order valence-electron chi connectivity index (χ3n) is 2.17. The zero-order chi connectivity index (χ0) is 13.5. The number of ether oxygens (including phenoxy) is 1. The van der Waals surface area contributed by atoms with E-state index in [2.05, 4.69) is 23.8 Å².